The van der Waals surface area contributed by atoms with Gasteiger partial charge in [-0.05, 0) is 55.4 Å². The van der Waals surface area contributed by atoms with E-state index in [1.54, 1.807) is 11.8 Å². The molecule has 2 aromatic rings. The van der Waals surface area contributed by atoms with Gasteiger partial charge in [0.05, 0.1) is 0 Å². The lowest BCUT2D eigenvalue weighted by molar-refractivity contribution is 0.811. The maximum absolute atomic E-state index is 5.99. The van der Waals surface area contributed by atoms with Crippen LogP contribution in [0.25, 0.3) is 0 Å². The molecule has 0 unspecified atom stereocenters. The summed E-state index contributed by atoms with van der Waals surface area (Å²) in [5, 5.41) is 3.96. The van der Waals surface area contributed by atoms with Crippen LogP contribution in [0.15, 0.2) is 52.3 Å². The van der Waals surface area contributed by atoms with Crippen LogP contribution in [0.3, 0.4) is 0 Å². The van der Waals surface area contributed by atoms with Gasteiger partial charge in [-0.15, -0.1) is 0 Å². The van der Waals surface area contributed by atoms with Gasteiger partial charge in [0, 0.05) is 21.4 Å². The fourth-order valence-corrected chi connectivity index (χ4v) is 3.02. The molecular formula is C15H16ClNS. The topological polar surface area (TPSA) is 12.0 Å². The molecule has 0 saturated carbocycles. The summed E-state index contributed by atoms with van der Waals surface area (Å²) >= 11 is 7.73. The average molecular weight is 278 g/mol. The molecule has 0 bridgehead atoms. The molecule has 0 spiro atoms. The molecule has 94 valence electrons. The summed E-state index contributed by atoms with van der Waals surface area (Å²) in [5.74, 6) is 0. The number of halogens is 1. The van der Waals surface area contributed by atoms with Crippen molar-refractivity contribution in [1.29, 1.82) is 0 Å². The molecule has 0 aliphatic heterocycles. The minimum absolute atomic E-state index is 0.781. The molecule has 0 atom stereocenters. The zero-order chi connectivity index (χ0) is 13.0. The first-order chi connectivity index (χ1) is 8.69. The van der Waals surface area contributed by atoms with Gasteiger partial charge in [0.15, 0.2) is 0 Å². The predicted octanol–water partition coefficient (Wildman–Crippen LogP) is 4.52. The van der Waals surface area contributed by atoms with Gasteiger partial charge in [0.25, 0.3) is 0 Å². The van der Waals surface area contributed by atoms with Crippen molar-refractivity contribution in [3.8, 4) is 0 Å². The molecule has 18 heavy (non-hydrogen) atoms. The molecule has 0 fully saturated rings. The van der Waals surface area contributed by atoms with Crippen molar-refractivity contribution in [1.82, 2.24) is 5.32 Å². The third kappa shape index (κ3) is 3.52. The van der Waals surface area contributed by atoms with E-state index >= 15 is 0 Å². The molecule has 1 N–H and O–H groups in total. The highest BCUT2D eigenvalue weighted by molar-refractivity contribution is 7.99. The SMILES string of the molecule is CNCc1ccc(Sc2cccc(Cl)c2)cc1C. The van der Waals surface area contributed by atoms with Crippen molar-refractivity contribution < 1.29 is 0 Å². The predicted molar refractivity (Wildman–Crippen MR) is 79.5 cm³/mol. The Kier molecular flexibility index (Phi) is 4.70. The van der Waals surface area contributed by atoms with Crippen LogP contribution in [0.1, 0.15) is 11.1 Å². The number of nitrogens with one attached hydrogen (secondary N) is 1. The fraction of sp³-hybridized carbons (Fsp3) is 0.200. The second-order valence-corrected chi connectivity index (χ2v) is 5.76. The molecule has 0 aliphatic rings. The summed E-state index contributed by atoms with van der Waals surface area (Å²) in [6.07, 6.45) is 0. The molecule has 0 amide bonds. The van der Waals surface area contributed by atoms with Crippen LogP contribution in [0.4, 0.5) is 0 Å². The van der Waals surface area contributed by atoms with Crippen molar-refractivity contribution in [2.45, 2.75) is 23.3 Å². The summed E-state index contributed by atoms with van der Waals surface area (Å²) in [7, 11) is 1.97. The Morgan fingerprint density at radius 1 is 1.11 bits per heavy atom. The summed E-state index contributed by atoms with van der Waals surface area (Å²) in [5.41, 5.74) is 2.66. The maximum atomic E-state index is 5.99. The zero-order valence-electron chi connectivity index (χ0n) is 10.5. The van der Waals surface area contributed by atoms with Crippen molar-refractivity contribution in [2.24, 2.45) is 0 Å². The average Bonchev–Trinajstić information content (AvgIpc) is 2.33. The minimum Gasteiger partial charge on any atom is -0.316 e. The van der Waals surface area contributed by atoms with E-state index in [1.807, 2.05) is 25.2 Å². The Balaban J connectivity index is 2.17. The van der Waals surface area contributed by atoms with E-state index in [0.29, 0.717) is 0 Å². The lowest BCUT2D eigenvalue weighted by Crippen LogP contribution is -2.06. The largest absolute Gasteiger partial charge is 0.316 e. The smallest absolute Gasteiger partial charge is 0.0417 e. The zero-order valence-corrected chi connectivity index (χ0v) is 12.1. The number of rotatable bonds is 4. The van der Waals surface area contributed by atoms with Crippen LogP contribution in [0.5, 0.6) is 0 Å². The Morgan fingerprint density at radius 2 is 1.89 bits per heavy atom. The van der Waals surface area contributed by atoms with Gasteiger partial charge >= 0.3 is 0 Å². The number of aryl methyl sites for hydroxylation is 1. The maximum Gasteiger partial charge on any atom is 0.0417 e. The summed E-state index contributed by atoms with van der Waals surface area (Å²) < 4.78 is 0. The fourth-order valence-electron chi connectivity index (χ4n) is 1.79. The quantitative estimate of drug-likeness (QED) is 0.882. The first kappa shape index (κ1) is 13.5. The van der Waals surface area contributed by atoms with Gasteiger partial charge in [0.2, 0.25) is 0 Å². The first-order valence-electron chi connectivity index (χ1n) is 5.86. The van der Waals surface area contributed by atoms with E-state index in [4.69, 9.17) is 11.6 Å². The molecular weight excluding hydrogens is 262 g/mol. The van der Waals surface area contributed by atoms with Crippen molar-refractivity contribution in [3.05, 3.63) is 58.6 Å². The third-order valence-corrected chi connectivity index (χ3v) is 3.93. The van der Waals surface area contributed by atoms with Gasteiger partial charge in [-0.1, -0.05) is 35.5 Å². The molecule has 3 heteroatoms. The molecule has 0 aromatic heterocycles. The van der Waals surface area contributed by atoms with Gasteiger partial charge in [-0.25, -0.2) is 0 Å². The van der Waals surface area contributed by atoms with Crippen LogP contribution in [0, 0.1) is 6.92 Å². The second kappa shape index (κ2) is 6.28. The van der Waals surface area contributed by atoms with E-state index in [0.717, 1.165) is 11.6 Å². The molecule has 1 nitrogen and oxygen atoms in total. The highest BCUT2D eigenvalue weighted by Gasteiger charge is 2.02. The standard InChI is InChI=1S/C15H16ClNS/c1-11-8-15(7-6-12(11)10-17-2)18-14-5-3-4-13(16)9-14/h3-9,17H,10H2,1-2H3. The Labute approximate surface area is 118 Å². The summed E-state index contributed by atoms with van der Waals surface area (Å²) in [6.45, 7) is 3.06. The van der Waals surface area contributed by atoms with Crippen molar-refractivity contribution in [3.63, 3.8) is 0 Å². The highest BCUT2D eigenvalue weighted by Crippen LogP contribution is 2.30. The number of hydrogen-bond acceptors (Lipinski definition) is 2. The van der Waals surface area contributed by atoms with Crippen LogP contribution in [-0.4, -0.2) is 7.05 Å². The minimum atomic E-state index is 0.781. The summed E-state index contributed by atoms with van der Waals surface area (Å²) in [6, 6.07) is 14.5. The van der Waals surface area contributed by atoms with Crippen LogP contribution < -0.4 is 5.32 Å². The molecule has 2 rings (SSSR count). The Morgan fingerprint density at radius 3 is 2.56 bits per heavy atom. The van der Waals surface area contributed by atoms with E-state index in [2.05, 4.69) is 36.5 Å². The van der Waals surface area contributed by atoms with Gasteiger partial charge in [0.1, 0.15) is 0 Å². The highest BCUT2D eigenvalue weighted by atomic mass is 35.5. The number of benzene rings is 2. The molecule has 2 aromatic carbocycles. The normalized spacial score (nSPS) is 10.6. The van der Waals surface area contributed by atoms with Crippen molar-refractivity contribution >= 4 is 23.4 Å². The molecule has 0 heterocycles. The molecule has 0 radical (unpaired) electrons. The van der Waals surface area contributed by atoms with Crippen LogP contribution >= 0.6 is 23.4 Å². The van der Waals surface area contributed by atoms with E-state index in [9.17, 15) is 0 Å². The van der Waals surface area contributed by atoms with Crippen LogP contribution in [-0.2, 0) is 6.54 Å². The van der Waals surface area contributed by atoms with E-state index < -0.39 is 0 Å². The monoisotopic (exact) mass is 277 g/mol. The Hall–Kier alpha value is -0.960. The molecule has 0 saturated heterocycles. The van der Waals surface area contributed by atoms with Gasteiger partial charge in [-0.3, -0.25) is 0 Å². The third-order valence-electron chi connectivity index (χ3n) is 2.71. The number of hydrogen-bond donors (Lipinski definition) is 1. The lowest BCUT2D eigenvalue weighted by Gasteiger charge is -2.08. The lowest BCUT2D eigenvalue weighted by atomic mass is 10.1. The summed E-state index contributed by atoms with van der Waals surface area (Å²) in [4.78, 5) is 2.41. The van der Waals surface area contributed by atoms with Gasteiger partial charge < -0.3 is 5.32 Å². The Bertz CT molecular complexity index is 540. The first-order valence-corrected chi connectivity index (χ1v) is 7.06. The molecule has 0 aliphatic carbocycles. The van der Waals surface area contributed by atoms with E-state index in [-0.39, 0.29) is 0 Å². The second-order valence-electron chi connectivity index (χ2n) is 4.18. The van der Waals surface area contributed by atoms with Gasteiger partial charge in [-0.2, -0.15) is 0 Å². The van der Waals surface area contributed by atoms with E-state index in [1.165, 1.54) is 20.9 Å². The van der Waals surface area contributed by atoms with Crippen molar-refractivity contribution in [2.75, 3.05) is 7.05 Å². The van der Waals surface area contributed by atoms with Crippen LogP contribution in [0.2, 0.25) is 5.02 Å².